The van der Waals surface area contributed by atoms with Gasteiger partial charge in [-0.2, -0.15) is 12.7 Å². The molecule has 1 rings (SSSR count). The molecule has 0 heterocycles. The first-order chi connectivity index (χ1) is 7.95. The Hall–Kier alpha value is -1.11. The molecule has 96 valence electrons. The molecule has 0 bridgehead atoms. The van der Waals surface area contributed by atoms with Crippen LogP contribution in [0.5, 0.6) is 0 Å². The van der Waals surface area contributed by atoms with Gasteiger partial charge in [0.05, 0.1) is 0 Å². The number of nitrogens with one attached hydrogen (secondary N) is 1. The van der Waals surface area contributed by atoms with Gasteiger partial charge in [0.2, 0.25) is 0 Å². The van der Waals surface area contributed by atoms with Crippen molar-refractivity contribution < 1.29 is 13.5 Å². The predicted molar refractivity (Wildman–Crippen MR) is 68.1 cm³/mol. The quantitative estimate of drug-likeness (QED) is 0.798. The molecule has 1 aromatic carbocycles. The highest BCUT2D eigenvalue weighted by Crippen LogP contribution is 2.12. The minimum absolute atomic E-state index is 0.0234. The zero-order chi connectivity index (χ0) is 12.9. The molecule has 0 aliphatic carbocycles. The fraction of sp³-hybridized carbons (Fsp3) is 0.455. The van der Waals surface area contributed by atoms with Crippen molar-refractivity contribution in [2.24, 2.45) is 0 Å². The number of hydrogen-bond donors (Lipinski definition) is 2. The van der Waals surface area contributed by atoms with E-state index in [0.29, 0.717) is 12.1 Å². The monoisotopic (exact) mass is 258 g/mol. The molecule has 0 radical (unpaired) electrons. The van der Waals surface area contributed by atoms with Crippen molar-refractivity contribution in [2.75, 3.05) is 24.9 Å². The molecule has 0 aliphatic heterocycles. The van der Waals surface area contributed by atoms with Gasteiger partial charge in [0, 0.05) is 25.9 Å². The normalized spacial score (nSPS) is 11.8. The molecule has 5 nitrogen and oxygen atoms in total. The summed E-state index contributed by atoms with van der Waals surface area (Å²) < 4.78 is 27.3. The van der Waals surface area contributed by atoms with E-state index in [9.17, 15) is 8.42 Å². The van der Waals surface area contributed by atoms with Crippen LogP contribution in [0.1, 0.15) is 12.0 Å². The van der Waals surface area contributed by atoms with Crippen LogP contribution in [-0.2, 0) is 10.2 Å². The maximum Gasteiger partial charge on any atom is 0.301 e. The van der Waals surface area contributed by atoms with E-state index in [1.165, 1.54) is 11.4 Å². The largest absolute Gasteiger partial charge is 0.396 e. The van der Waals surface area contributed by atoms with Crippen LogP contribution in [0.4, 0.5) is 5.69 Å². The molecule has 0 saturated carbocycles. The summed E-state index contributed by atoms with van der Waals surface area (Å²) in [5.41, 5.74) is 1.60. The molecule has 0 aliphatic rings. The highest BCUT2D eigenvalue weighted by molar-refractivity contribution is 7.90. The molecule has 6 heteroatoms. The summed E-state index contributed by atoms with van der Waals surface area (Å²) in [6.07, 6.45) is 0.422. The summed E-state index contributed by atoms with van der Waals surface area (Å²) in [4.78, 5) is 0. The smallest absolute Gasteiger partial charge is 0.301 e. The molecule has 17 heavy (non-hydrogen) atoms. The molecule has 0 amide bonds. The van der Waals surface area contributed by atoms with E-state index in [2.05, 4.69) is 4.72 Å². The number of rotatable bonds is 6. The lowest BCUT2D eigenvalue weighted by molar-refractivity contribution is 0.276. The molecule has 0 spiro atoms. The van der Waals surface area contributed by atoms with Crippen LogP contribution in [0.15, 0.2) is 24.3 Å². The number of anilines is 1. The first kappa shape index (κ1) is 14.0. The molecule has 1 aromatic rings. The van der Waals surface area contributed by atoms with E-state index in [0.717, 1.165) is 5.56 Å². The Labute approximate surface area is 102 Å². The number of aryl methyl sites for hydroxylation is 1. The van der Waals surface area contributed by atoms with Crippen LogP contribution >= 0.6 is 0 Å². The maximum atomic E-state index is 11.8. The van der Waals surface area contributed by atoms with Crippen molar-refractivity contribution in [1.82, 2.24) is 4.31 Å². The van der Waals surface area contributed by atoms with Crippen LogP contribution in [0.3, 0.4) is 0 Å². The van der Waals surface area contributed by atoms with Crippen LogP contribution in [0.25, 0.3) is 0 Å². The number of hydrogen-bond acceptors (Lipinski definition) is 3. The third-order valence-corrected chi connectivity index (χ3v) is 3.84. The van der Waals surface area contributed by atoms with Crippen molar-refractivity contribution >= 4 is 15.9 Å². The Balaban J connectivity index is 2.69. The Morgan fingerprint density at radius 2 is 1.88 bits per heavy atom. The molecule has 0 fully saturated rings. The Bertz CT molecular complexity index is 442. The van der Waals surface area contributed by atoms with E-state index in [-0.39, 0.29) is 13.2 Å². The van der Waals surface area contributed by atoms with Crippen molar-refractivity contribution in [3.63, 3.8) is 0 Å². The van der Waals surface area contributed by atoms with Gasteiger partial charge in [-0.3, -0.25) is 4.72 Å². The van der Waals surface area contributed by atoms with E-state index in [1.54, 1.807) is 12.1 Å². The minimum Gasteiger partial charge on any atom is -0.396 e. The minimum atomic E-state index is -3.53. The fourth-order valence-electron chi connectivity index (χ4n) is 1.26. The number of aliphatic hydroxyl groups is 1. The first-order valence-corrected chi connectivity index (χ1v) is 6.81. The third kappa shape index (κ3) is 4.33. The van der Waals surface area contributed by atoms with Gasteiger partial charge >= 0.3 is 10.2 Å². The van der Waals surface area contributed by atoms with Gasteiger partial charge in [0.1, 0.15) is 0 Å². The second-order valence-electron chi connectivity index (χ2n) is 3.87. The predicted octanol–water partition coefficient (Wildman–Crippen LogP) is 0.966. The topological polar surface area (TPSA) is 69.6 Å². The number of benzene rings is 1. The zero-order valence-electron chi connectivity index (χ0n) is 10.0. The van der Waals surface area contributed by atoms with Crippen molar-refractivity contribution in [2.45, 2.75) is 13.3 Å². The second kappa shape index (κ2) is 6.00. The van der Waals surface area contributed by atoms with E-state index < -0.39 is 10.2 Å². The summed E-state index contributed by atoms with van der Waals surface area (Å²) in [7, 11) is -2.05. The third-order valence-electron chi connectivity index (χ3n) is 2.34. The van der Waals surface area contributed by atoms with Gasteiger partial charge < -0.3 is 5.11 Å². The van der Waals surface area contributed by atoms with Crippen molar-refractivity contribution in [3.05, 3.63) is 29.8 Å². The van der Waals surface area contributed by atoms with E-state index in [1.807, 2.05) is 19.1 Å². The molecule has 0 saturated heterocycles. The Morgan fingerprint density at radius 1 is 1.29 bits per heavy atom. The zero-order valence-corrected chi connectivity index (χ0v) is 10.9. The van der Waals surface area contributed by atoms with Crippen LogP contribution in [0, 0.1) is 6.92 Å². The summed E-state index contributed by atoms with van der Waals surface area (Å²) in [6, 6.07) is 7.11. The van der Waals surface area contributed by atoms with Gasteiger partial charge in [-0.25, -0.2) is 0 Å². The molecule has 2 N–H and O–H groups in total. The molecular formula is C11H18N2O3S. The van der Waals surface area contributed by atoms with E-state index >= 15 is 0 Å². The van der Waals surface area contributed by atoms with Crippen LogP contribution < -0.4 is 4.72 Å². The summed E-state index contributed by atoms with van der Waals surface area (Å²) >= 11 is 0. The van der Waals surface area contributed by atoms with Gasteiger partial charge in [0.25, 0.3) is 0 Å². The van der Waals surface area contributed by atoms with E-state index in [4.69, 9.17) is 5.11 Å². The first-order valence-electron chi connectivity index (χ1n) is 5.37. The van der Waals surface area contributed by atoms with Gasteiger partial charge in [-0.05, 0) is 25.5 Å². The lowest BCUT2D eigenvalue weighted by Crippen LogP contribution is -2.33. The Kier molecular flexibility index (Phi) is 4.92. The molecule has 0 aromatic heterocycles. The summed E-state index contributed by atoms with van der Waals surface area (Å²) in [6.45, 7) is 2.20. The second-order valence-corrected chi connectivity index (χ2v) is 5.65. The maximum absolute atomic E-state index is 11.8. The SMILES string of the molecule is Cc1ccc(NS(=O)(=O)N(C)CCCO)cc1. The lowest BCUT2D eigenvalue weighted by Gasteiger charge is -2.17. The molecule has 0 atom stereocenters. The molecular weight excluding hydrogens is 240 g/mol. The Morgan fingerprint density at radius 3 is 2.41 bits per heavy atom. The van der Waals surface area contributed by atoms with Gasteiger partial charge in [0.15, 0.2) is 0 Å². The fourth-order valence-corrected chi connectivity index (χ4v) is 2.22. The number of nitrogens with zero attached hydrogens (tertiary/aromatic N) is 1. The summed E-state index contributed by atoms with van der Waals surface area (Å²) in [5.74, 6) is 0. The van der Waals surface area contributed by atoms with Gasteiger partial charge in [-0.1, -0.05) is 17.7 Å². The molecule has 0 unspecified atom stereocenters. The highest BCUT2D eigenvalue weighted by Gasteiger charge is 2.16. The standard InChI is InChI=1S/C11H18N2O3S/c1-10-4-6-11(7-5-10)12-17(15,16)13(2)8-3-9-14/h4-7,12,14H,3,8-9H2,1-2H3. The van der Waals surface area contributed by atoms with Crippen molar-refractivity contribution in [1.29, 1.82) is 0 Å². The average molecular weight is 258 g/mol. The van der Waals surface area contributed by atoms with Crippen LogP contribution in [-0.4, -0.2) is 38.0 Å². The lowest BCUT2D eigenvalue weighted by atomic mass is 10.2. The highest BCUT2D eigenvalue weighted by atomic mass is 32.2. The van der Waals surface area contributed by atoms with Crippen LogP contribution in [0.2, 0.25) is 0 Å². The van der Waals surface area contributed by atoms with Gasteiger partial charge in [-0.15, -0.1) is 0 Å². The van der Waals surface area contributed by atoms with Crippen molar-refractivity contribution in [3.8, 4) is 0 Å². The average Bonchev–Trinajstić information content (AvgIpc) is 2.28. The summed E-state index contributed by atoms with van der Waals surface area (Å²) in [5, 5.41) is 8.66. The number of aliphatic hydroxyl groups excluding tert-OH is 1.